The lowest BCUT2D eigenvalue weighted by Gasteiger charge is -2.12. The van der Waals surface area contributed by atoms with Gasteiger partial charge in [0.2, 0.25) is 0 Å². The van der Waals surface area contributed by atoms with Crippen molar-refractivity contribution in [2.75, 3.05) is 0 Å². The number of aromatic nitrogens is 1. The van der Waals surface area contributed by atoms with Crippen molar-refractivity contribution in [2.45, 2.75) is 18.8 Å². The molecule has 0 radical (unpaired) electrons. The normalized spacial score (nSPS) is 17.0. The second kappa shape index (κ2) is 6.34. The van der Waals surface area contributed by atoms with Crippen LogP contribution in [-0.2, 0) is 0 Å². The first kappa shape index (κ1) is 15.2. The molecule has 26 heavy (non-hydrogen) atoms. The molecule has 126 valence electrons. The van der Waals surface area contributed by atoms with Crippen molar-refractivity contribution in [1.29, 1.82) is 0 Å². The second-order valence-corrected chi connectivity index (χ2v) is 7.03. The lowest BCUT2D eigenvalue weighted by Crippen LogP contribution is -1.93. The summed E-state index contributed by atoms with van der Waals surface area (Å²) < 4.78 is 0. The summed E-state index contributed by atoms with van der Waals surface area (Å²) in [5.74, 6) is 0.477. The van der Waals surface area contributed by atoms with E-state index < -0.39 is 0 Å². The van der Waals surface area contributed by atoms with E-state index in [4.69, 9.17) is 0 Å². The van der Waals surface area contributed by atoms with Crippen molar-refractivity contribution in [1.82, 2.24) is 4.98 Å². The van der Waals surface area contributed by atoms with E-state index in [0.717, 1.165) is 12.8 Å². The fourth-order valence-corrected chi connectivity index (χ4v) is 3.97. The Hall–Kier alpha value is -3.06. The van der Waals surface area contributed by atoms with Gasteiger partial charge in [-0.15, -0.1) is 0 Å². The number of hydrogen-bond acceptors (Lipinski definition) is 0. The second-order valence-electron chi connectivity index (χ2n) is 7.03. The van der Waals surface area contributed by atoms with Crippen molar-refractivity contribution in [2.24, 2.45) is 0 Å². The van der Waals surface area contributed by atoms with Gasteiger partial charge in [-0.1, -0.05) is 78.9 Å². The van der Waals surface area contributed by atoms with Crippen LogP contribution >= 0.6 is 0 Å². The van der Waals surface area contributed by atoms with Crippen LogP contribution in [0.25, 0.3) is 32.9 Å². The largest absolute Gasteiger partial charge is 0.354 e. The molecule has 0 fully saturated rings. The molecule has 0 saturated heterocycles. The summed E-state index contributed by atoms with van der Waals surface area (Å²) in [4.78, 5) is 3.55. The minimum absolute atomic E-state index is 0.477. The number of H-pyrrole nitrogens is 1. The third kappa shape index (κ3) is 2.66. The zero-order valence-electron chi connectivity index (χ0n) is 14.7. The van der Waals surface area contributed by atoms with Gasteiger partial charge in [0.1, 0.15) is 0 Å². The van der Waals surface area contributed by atoms with Crippen molar-refractivity contribution in [3.05, 3.63) is 96.6 Å². The molecule has 4 aromatic rings. The molecule has 1 atom stereocenters. The third-order valence-corrected chi connectivity index (χ3v) is 5.35. The number of allylic oxidation sites excluding steroid dienone is 4. The van der Waals surface area contributed by atoms with Gasteiger partial charge in [-0.05, 0) is 41.7 Å². The predicted molar refractivity (Wildman–Crippen MR) is 111 cm³/mol. The highest BCUT2D eigenvalue weighted by Gasteiger charge is 2.10. The lowest BCUT2D eigenvalue weighted by atomic mass is 9.92. The SMILES string of the molecule is C1=CCC(c2cccc(-c3ccc4c(c3)[nH]c3ccccc34)c2)C=CC1. The van der Waals surface area contributed by atoms with Gasteiger partial charge in [-0.25, -0.2) is 0 Å². The number of fused-ring (bicyclic) bond motifs is 3. The molecule has 5 rings (SSSR count). The van der Waals surface area contributed by atoms with Crippen LogP contribution in [0.3, 0.4) is 0 Å². The highest BCUT2D eigenvalue weighted by molar-refractivity contribution is 6.08. The van der Waals surface area contributed by atoms with Crippen LogP contribution in [0.1, 0.15) is 24.3 Å². The van der Waals surface area contributed by atoms with Gasteiger partial charge in [0.15, 0.2) is 0 Å². The molecule has 1 aromatic heterocycles. The molecular weight excluding hydrogens is 314 g/mol. The molecule has 3 aromatic carbocycles. The molecule has 1 aliphatic carbocycles. The Bertz CT molecular complexity index is 1140. The van der Waals surface area contributed by atoms with E-state index in [2.05, 4.69) is 96.0 Å². The van der Waals surface area contributed by atoms with E-state index in [0.29, 0.717) is 5.92 Å². The Morgan fingerprint density at radius 2 is 1.58 bits per heavy atom. The van der Waals surface area contributed by atoms with Gasteiger partial charge in [0, 0.05) is 27.7 Å². The number of aromatic amines is 1. The Morgan fingerprint density at radius 3 is 2.58 bits per heavy atom. The maximum Gasteiger partial charge on any atom is 0.0471 e. The highest BCUT2D eigenvalue weighted by atomic mass is 14.7. The number of rotatable bonds is 2. The predicted octanol–water partition coefficient (Wildman–Crippen LogP) is 6.98. The zero-order chi connectivity index (χ0) is 17.3. The quantitative estimate of drug-likeness (QED) is 0.380. The maximum absolute atomic E-state index is 3.55. The van der Waals surface area contributed by atoms with Crippen LogP contribution in [-0.4, -0.2) is 4.98 Å². The monoisotopic (exact) mass is 335 g/mol. The zero-order valence-corrected chi connectivity index (χ0v) is 14.7. The Labute approximate surface area is 153 Å². The summed E-state index contributed by atoms with van der Waals surface area (Å²) in [5.41, 5.74) is 6.33. The molecule has 0 saturated carbocycles. The summed E-state index contributed by atoms with van der Waals surface area (Å²) in [7, 11) is 0. The fourth-order valence-electron chi connectivity index (χ4n) is 3.97. The summed E-state index contributed by atoms with van der Waals surface area (Å²) >= 11 is 0. The molecule has 1 heterocycles. The Morgan fingerprint density at radius 1 is 0.692 bits per heavy atom. The third-order valence-electron chi connectivity index (χ3n) is 5.35. The lowest BCUT2D eigenvalue weighted by molar-refractivity contribution is 0.868. The standard InChI is InChI=1S/C25H21N/c1-2-4-9-18(8-3-1)19-10-7-11-20(16-19)21-14-15-23-22-12-5-6-13-24(22)26-25(23)17-21/h1,3-7,9-18,26H,2,8H2. The number of para-hydroxylation sites is 1. The molecule has 1 N–H and O–H groups in total. The summed E-state index contributed by atoms with van der Waals surface area (Å²) in [6.07, 6.45) is 11.3. The van der Waals surface area contributed by atoms with Crippen LogP contribution in [0.15, 0.2) is 91.0 Å². The first-order valence-corrected chi connectivity index (χ1v) is 9.31. The topological polar surface area (TPSA) is 15.8 Å². The number of nitrogens with one attached hydrogen (secondary N) is 1. The van der Waals surface area contributed by atoms with Crippen LogP contribution in [0.5, 0.6) is 0 Å². The van der Waals surface area contributed by atoms with Crippen molar-refractivity contribution < 1.29 is 0 Å². The van der Waals surface area contributed by atoms with Crippen LogP contribution in [0.2, 0.25) is 0 Å². The van der Waals surface area contributed by atoms with Crippen LogP contribution < -0.4 is 0 Å². The molecule has 1 heteroatoms. The van der Waals surface area contributed by atoms with E-state index in [1.807, 2.05) is 0 Å². The molecule has 0 aliphatic heterocycles. The smallest absolute Gasteiger partial charge is 0.0471 e. The maximum atomic E-state index is 3.55. The molecule has 0 spiro atoms. The molecule has 1 nitrogen and oxygen atoms in total. The summed E-state index contributed by atoms with van der Waals surface area (Å²) in [5, 5.41) is 2.58. The highest BCUT2D eigenvalue weighted by Crippen LogP contribution is 2.32. The van der Waals surface area contributed by atoms with Crippen molar-refractivity contribution in [3.8, 4) is 11.1 Å². The average molecular weight is 335 g/mol. The van der Waals surface area contributed by atoms with Gasteiger partial charge in [0.25, 0.3) is 0 Å². The number of benzene rings is 3. The summed E-state index contributed by atoms with van der Waals surface area (Å²) in [6, 6.07) is 24.2. The molecule has 0 amide bonds. The van der Waals surface area contributed by atoms with Gasteiger partial charge >= 0.3 is 0 Å². The van der Waals surface area contributed by atoms with E-state index in [1.54, 1.807) is 0 Å². The van der Waals surface area contributed by atoms with Crippen molar-refractivity contribution >= 4 is 21.8 Å². The summed E-state index contributed by atoms with van der Waals surface area (Å²) in [6.45, 7) is 0. The van der Waals surface area contributed by atoms with Gasteiger partial charge in [-0.2, -0.15) is 0 Å². The minimum Gasteiger partial charge on any atom is -0.354 e. The van der Waals surface area contributed by atoms with E-state index >= 15 is 0 Å². The van der Waals surface area contributed by atoms with Gasteiger partial charge < -0.3 is 4.98 Å². The Kier molecular flexibility index (Phi) is 3.71. The Balaban J connectivity index is 1.58. The molecule has 1 aliphatic rings. The van der Waals surface area contributed by atoms with E-state index in [-0.39, 0.29) is 0 Å². The molecule has 0 bridgehead atoms. The van der Waals surface area contributed by atoms with Crippen molar-refractivity contribution in [3.63, 3.8) is 0 Å². The van der Waals surface area contributed by atoms with Gasteiger partial charge in [-0.3, -0.25) is 0 Å². The van der Waals surface area contributed by atoms with Gasteiger partial charge in [0.05, 0.1) is 0 Å². The first-order chi connectivity index (χ1) is 12.9. The number of hydrogen-bond donors (Lipinski definition) is 1. The van der Waals surface area contributed by atoms with E-state index in [9.17, 15) is 0 Å². The van der Waals surface area contributed by atoms with Crippen LogP contribution in [0.4, 0.5) is 0 Å². The fraction of sp³-hybridized carbons (Fsp3) is 0.120. The molecule has 1 unspecified atom stereocenters. The van der Waals surface area contributed by atoms with E-state index in [1.165, 1.54) is 38.5 Å². The average Bonchev–Trinajstić information content (AvgIpc) is 2.86. The molecular formula is C25H21N. The minimum atomic E-state index is 0.477. The first-order valence-electron chi connectivity index (χ1n) is 9.31. The van der Waals surface area contributed by atoms with Crippen LogP contribution in [0, 0.1) is 0 Å².